The van der Waals surface area contributed by atoms with E-state index in [1.165, 1.54) is 0 Å². The molecule has 2 aromatic rings. The van der Waals surface area contributed by atoms with E-state index in [9.17, 15) is 23.3 Å². The Hall–Kier alpha value is -2.63. The van der Waals surface area contributed by atoms with Crippen molar-refractivity contribution in [3.05, 3.63) is 32.9 Å². The Morgan fingerprint density at radius 2 is 2.17 bits per heavy atom. The fourth-order valence-corrected chi connectivity index (χ4v) is 2.91. The molecule has 0 aliphatic heterocycles. The van der Waals surface area contributed by atoms with E-state index in [1.807, 2.05) is 0 Å². The van der Waals surface area contributed by atoms with E-state index in [1.54, 1.807) is 18.5 Å². The zero-order valence-electron chi connectivity index (χ0n) is 15.5. The van der Waals surface area contributed by atoms with Gasteiger partial charge in [-0.1, -0.05) is 0 Å². The minimum Gasteiger partial charge on any atom is -0.484 e. The van der Waals surface area contributed by atoms with Gasteiger partial charge in [0.2, 0.25) is 11.0 Å². The zero-order chi connectivity index (χ0) is 21.3. The Morgan fingerprint density at radius 3 is 2.76 bits per heavy atom. The standard InChI is InChI=1S/C16H18ClF3N6O3/c1-8(22-13-11(16(18,19)20)7-21-15(17)23-13)5-6-29-12-9(2)25(10-3-4-10)24-14(12)26(27)28/h7-8,10H,3-6H2,1-2H3,(H,21,22,23). The number of rotatable bonds is 8. The first-order valence-electron chi connectivity index (χ1n) is 8.80. The lowest BCUT2D eigenvalue weighted by Gasteiger charge is -2.18. The van der Waals surface area contributed by atoms with Crippen molar-refractivity contribution in [2.24, 2.45) is 0 Å². The maximum atomic E-state index is 13.1. The third kappa shape index (κ3) is 4.86. The lowest BCUT2D eigenvalue weighted by Crippen LogP contribution is -2.22. The molecule has 1 aliphatic rings. The molecule has 1 unspecified atom stereocenters. The molecule has 0 saturated heterocycles. The molecular weight excluding hydrogens is 417 g/mol. The number of nitrogens with one attached hydrogen (secondary N) is 1. The molecule has 0 spiro atoms. The van der Waals surface area contributed by atoms with Crippen LogP contribution in [0.4, 0.5) is 24.8 Å². The molecule has 13 heteroatoms. The highest BCUT2D eigenvalue weighted by molar-refractivity contribution is 6.28. The Labute approximate surface area is 168 Å². The summed E-state index contributed by atoms with van der Waals surface area (Å²) in [6.07, 6.45) is -1.96. The molecule has 158 valence electrons. The van der Waals surface area contributed by atoms with Crippen LogP contribution in [0.5, 0.6) is 5.75 Å². The van der Waals surface area contributed by atoms with Crippen LogP contribution in [-0.2, 0) is 6.18 Å². The summed E-state index contributed by atoms with van der Waals surface area (Å²) in [6, 6.07) is -0.338. The Morgan fingerprint density at radius 1 is 1.48 bits per heavy atom. The molecule has 29 heavy (non-hydrogen) atoms. The summed E-state index contributed by atoms with van der Waals surface area (Å²) < 4.78 is 46.4. The van der Waals surface area contributed by atoms with Crippen LogP contribution >= 0.6 is 11.6 Å². The van der Waals surface area contributed by atoms with Crippen LogP contribution in [0.15, 0.2) is 6.20 Å². The molecule has 1 N–H and O–H groups in total. The molecule has 0 bridgehead atoms. The molecule has 1 fully saturated rings. The first kappa shape index (κ1) is 21.1. The Kier molecular flexibility index (Phi) is 5.82. The molecule has 1 saturated carbocycles. The van der Waals surface area contributed by atoms with E-state index in [4.69, 9.17) is 16.3 Å². The quantitative estimate of drug-likeness (QED) is 0.377. The second-order valence-corrected chi connectivity index (χ2v) is 7.09. The van der Waals surface area contributed by atoms with E-state index in [-0.39, 0.29) is 35.9 Å². The summed E-state index contributed by atoms with van der Waals surface area (Å²) in [5.41, 5.74) is -0.478. The lowest BCUT2D eigenvalue weighted by atomic mass is 10.2. The van der Waals surface area contributed by atoms with Gasteiger partial charge in [0.25, 0.3) is 0 Å². The summed E-state index contributed by atoms with van der Waals surface area (Å²) >= 11 is 5.60. The highest BCUT2D eigenvalue weighted by Crippen LogP contribution is 2.40. The van der Waals surface area contributed by atoms with Crippen molar-refractivity contribution >= 4 is 23.2 Å². The minimum absolute atomic E-state index is 0.0341. The van der Waals surface area contributed by atoms with E-state index in [0.717, 1.165) is 12.8 Å². The average Bonchev–Trinajstić information content (AvgIpc) is 3.39. The number of halogens is 4. The number of nitro groups is 1. The molecule has 9 nitrogen and oxygen atoms in total. The van der Waals surface area contributed by atoms with Crippen molar-refractivity contribution in [2.75, 3.05) is 11.9 Å². The Bertz CT molecular complexity index is 916. The molecule has 1 atom stereocenters. The summed E-state index contributed by atoms with van der Waals surface area (Å²) in [7, 11) is 0. The first-order valence-corrected chi connectivity index (χ1v) is 9.18. The third-order valence-electron chi connectivity index (χ3n) is 4.39. The highest BCUT2D eigenvalue weighted by Gasteiger charge is 2.36. The molecule has 2 aromatic heterocycles. The van der Waals surface area contributed by atoms with Crippen LogP contribution in [0, 0.1) is 17.0 Å². The van der Waals surface area contributed by atoms with E-state index >= 15 is 0 Å². The van der Waals surface area contributed by atoms with Gasteiger partial charge in [-0.25, -0.2) is 9.97 Å². The van der Waals surface area contributed by atoms with Gasteiger partial charge in [-0.15, -0.1) is 0 Å². The molecule has 3 rings (SSSR count). The summed E-state index contributed by atoms with van der Waals surface area (Å²) in [6.45, 7) is 3.36. The predicted molar refractivity (Wildman–Crippen MR) is 97.1 cm³/mol. The predicted octanol–water partition coefficient (Wildman–Crippen LogP) is 4.17. The molecule has 0 aromatic carbocycles. The van der Waals surface area contributed by atoms with Crippen LogP contribution in [-0.4, -0.2) is 37.3 Å². The highest BCUT2D eigenvalue weighted by atomic mass is 35.5. The molecule has 0 amide bonds. The van der Waals surface area contributed by atoms with E-state index in [0.29, 0.717) is 11.9 Å². The number of anilines is 1. The fourth-order valence-electron chi connectivity index (χ4n) is 2.77. The van der Waals surface area contributed by atoms with Gasteiger partial charge in [0.05, 0.1) is 17.7 Å². The number of aromatic nitrogens is 4. The van der Waals surface area contributed by atoms with Crippen LogP contribution in [0.25, 0.3) is 0 Å². The normalized spacial score (nSPS) is 15.2. The summed E-state index contributed by atoms with van der Waals surface area (Å²) in [5, 5.41) is 17.6. The number of hydrogen-bond donors (Lipinski definition) is 1. The SMILES string of the molecule is Cc1c(OCCC(C)Nc2nc(Cl)ncc2C(F)(F)F)c([N+](=O)[O-])nn1C1CC1. The van der Waals surface area contributed by atoms with Crippen molar-refractivity contribution in [1.82, 2.24) is 19.7 Å². The van der Waals surface area contributed by atoms with Crippen molar-refractivity contribution in [2.45, 2.75) is 51.4 Å². The summed E-state index contributed by atoms with van der Waals surface area (Å²) in [5.74, 6) is -0.721. The van der Waals surface area contributed by atoms with Crippen LogP contribution in [0.1, 0.15) is 43.5 Å². The second kappa shape index (κ2) is 8.01. The summed E-state index contributed by atoms with van der Waals surface area (Å²) in [4.78, 5) is 17.6. The maximum absolute atomic E-state index is 13.1. The molecule has 0 radical (unpaired) electrons. The smallest absolute Gasteiger partial charge is 0.432 e. The monoisotopic (exact) mass is 434 g/mol. The van der Waals surface area contributed by atoms with Gasteiger partial charge in [0.15, 0.2) is 0 Å². The van der Waals surface area contributed by atoms with Crippen molar-refractivity contribution in [3.8, 4) is 5.75 Å². The van der Waals surface area contributed by atoms with Gasteiger partial charge in [0.1, 0.15) is 17.1 Å². The fraction of sp³-hybridized carbons (Fsp3) is 0.562. The van der Waals surface area contributed by atoms with E-state index < -0.39 is 28.5 Å². The first-order chi connectivity index (χ1) is 13.6. The van der Waals surface area contributed by atoms with Gasteiger partial charge in [-0.3, -0.25) is 0 Å². The average molecular weight is 435 g/mol. The van der Waals surface area contributed by atoms with Gasteiger partial charge in [-0.2, -0.15) is 17.9 Å². The maximum Gasteiger partial charge on any atom is 0.432 e. The number of alkyl halides is 3. The van der Waals surface area contributed by atoms with Gasteiger partial charge >= 0.3 is 12.0 Å². The van der Waals surface area contributed by atoms with Crippen LogP contribution in [0.3, 0.4) is 0 Å². The number of nitrogens with zero attached hydrogens (tertiary/aromatic N) is 5. The van der Waals surface area contributed by atoms with Crippen LogP contribution < -0.4 is 10.1 Å². The Balaban J connectivity index is 1.65. The van der Waals surface area contributed by atoms with Crippen molar-refractivity contribution in [3.63, 3.8) is 0 Å². The topological polar surface area (TPSA) is 108 Å². The third-order valence-corrected chi connectivity index (χ3v) is 4.57. The second-order valence-electron chi connectivity index (χ2n) is 6.75. The molecule has 1 aliphatic carbocycles. The lowest BCUT2D eigenvalue weighted by molar-refractivity contribution is -0.390. The number of ether oxygens (including phenoxy) is 1. The van der Waals surface area contributed by atoms with Gasteiger partial charge in [0, 0.05) is 18.7 Å². The minimum atomic E-state index is -4.64. The van der Waals surface area contributed by atoms with Gasteiger partial charge in [-0.05, 0) is 43.2 Å². The van der Waals surface area contributed by atoms with E-state index in [2.05, 4.69) is 20.4 Å². The number of hydrogen-bond acceptors (Lipinski definition) is 7. The molecular formula is C16H18ClF3N6O3. The van der Waals surface area contributed by atoms with Gasteiger partial charge < -0.3 is 20.2 Å². The van der Waals surface area contributed by atoms with Crippen LogP contribution in [0.2, 0.25) is 5.28 Å². The molecule has 2 heterocycles. The zero-order valence-corrected chi connectivity index (χ0v) is 16.3. The van der Waals surface area contributed by atoms with Crippen molar-refractivity contribution in [1.29, 1.82) is 0 Å². The largest absolute Gasteiger partial charge is 0.484 e. The van der Waals surface area contributed by atoms with Crippen molar-refractivity contribution < 1.29 is 22.8 Å².